The van der Waals surface area contributed by atoms with Gasteiger partial charge in [0.05, 0.1) is 11.5 Å². The quantitative estimate of drug-likeness (QED) is 0.332. The molecule has 0 aliphatic heterocycles. The third-order valence-corrected chi connectivity index (χ3v) is 5.99. The minimum absolute atomic E-state index is 0.0972. The van der Waals surface area contributed by atoms with Crippen molar-refractivity contribution in [2.24, 2.45) is 0 Å². The lowest BCUT2D eigenvalue weighted by Gasteiger charge is -2.16. The van der Waals surface area contributed by atoms with Gasteiger partial charge in [0.15, 0.2) is 15.1 Å². The highest BCUT2D eigenvalue weighted by atomic mass is 32.2. The van der Waals surface area contributed by atoms with Gasteiger partial charge in [-0.2, -0.15) is 0 Å². The molecule has 1 rings (SSSR count). The smallest absolute Gasteiger partial charge is 0.324 e. The number of sulfone groups is 1. The van der Waals surface area contributed by atoms with Gasteiger partial charge < -0.3 is 9.47 Å². The molecule has 0 heterocycles. The maximum atomic E-state index is 12.9. The van der Waals surface area contributed by atoms with E-state index < -0.39 is 21.1 Å². The van der Waals surface area contributed by atoms with E-state index in [2.05, 4.69) is 18.8 Å². The average Bonchev–Trinajstić information content (AvgIpc) is 2.62. The first-order chi connectivity index (χ1) is 12.5. The summed E-state index contributed by atoms with van der Waals surface area (Å²) in [5.41, 5.74) is 0. The van der Waals surface area contributed by atoms with E-state index in [4.69, 9.17) is 9.47 Å². The van der Waals surface area contributed by atoms with E-state index in [1.165, 1.54) is 12.1 Å². The summed E-state index contributed by atoms with van der Waals surface area (Å²) in [5, 5.41) is -1.17. The van der Waals surface area contributed by atoms with E-state index in [9.17, 15) is 13.2 Å². The zero-order chi connectivity index (χ0) is 19.4. The normalized spacial score (nSPS) is 12.0. The van der Waals surface area contributed by atoms with E-state index >= 15 is 0 Å². The highest BCUT2D eigenvalue weighted by Crippen LogP contribution is 2.24. The van der Waals surface area contributed by atoms with E-state index in [1.54, 1.807) is 26.0 Å². The Morgan fingerprint density at radius 2 is 1.81 bits per heavy atom. The molecule has 0 aliphatic rings. The van der Waals surface area contributed by atoms with Crippen molar-refractivity contribution < 1.29 is 22.7 Å². The van der Waals surface area contributed by atoms with Crippen LogP contribution in [0.3, 0.4) is 0 Å². The number of hydrogen-bond acceptors (Lipinski definition) is 5. The molecule has 1 aromatic carbocycles. The Balaban J connectivity index is 2.94. The second-order valence-corrected chi connectivity index (χ2v) is 7.95. The number of esters is 1. The molecule has 0 saturated heterocycles. The van der Waals surface area contributed by atoms with Crippen LogP contribution in [0.5, 0.6) is 5.75 Å². The molecule has 0 amide bonds. The van der Waals surface area contributed by atoms with Crippen LogP contribution in [-0.4, -0.2) is 32.9 Å². The van der Waals surface area contributed by atoms with Gasteiger partial charge in [-0.25, -0.2) is 8.42 Å². The molecule has 144 valence electrons. The van der Waals surface area contributed by atoms with Crippen LogP contribution in [0.15, 0.2) is 29.2 Å². The monoisotopic (exact) mass is 380 g/mol. The summed E-state index contributed by atoms with van der Waals surface area (Å²) in [5.74, 6) is 5.34. The first kappa shape index (κ1) is 22.0. The standard InChI is InChI=1S/C20H28O5S/c1-4-7-9-10-11-19(20(21)24-6-3)26(22,23)18-14-12-17(13-15-18)25-16-8-5-2/h12-15,19H,4,6-7,9-11,16H2,1-3H3. The van der Waals surface area contributed by atoms with Gasteiger partial charge in [-0.05, 0) is 44.5 Å². The Morgan fingerprint density at radius 1 is 1.12 bits per heavy atom. The maximum absolute atomic E-state index is 12.9. The van der Waals surface area contributed by atoms with Crippen molar-refractivity contribution in [3.05, 3.63) is 24.3 Å². The molecule has 0 fully saturated rings. The van der Waals surface area contributed by atoms with Crippen molar-refractivity contribution in [3.8, 4) is 17.6 Å². The summed E-state index contributed by atoms with van der Waals surface area (Å²) < 4.78 is 36.2. The molecule has 0 N–H and O–H groups in total. The van der Waals surface area contributed by atoms with Gasteiger partial charge in [0, 0.05) is 0 Å². The molecule has 1 atom stereocenters. The highest BCUT2D eigenvalue weighted by Gasteiger charge is 2.34. The van der Waals surface area contributed by atoms with Crippen molar-refractivity contribution in [2.75, 3.05) is 13.2 Å². The third-order valence-electron chi connectivity index (χ3n) is 3.88. The molecule has 5 nitrogen and oxygen atoms in total. The molecule has 26 heavy (non-hydrogen) atoms. The van der Waals surface area contributed by atoms with Crippen molar-refractivity contribution in [1.82, 2.24) is 0 Å². The van der Waals surface area contributed by atoms with E-state index in [0.29, 0.717) is 12.2 Å². The Kier molecular flexibility index (Phi) is 9.82. The van der Waals surface area contributed by atoms with E-state index in [0.717, 1.165) is 19.3 Å². The molecule has 1 unspecified atom stereocenters. The van der Waals surface area contributed by atoms with Crippen molar-refractivity contribution in [3.63, 3.8) is 0 Å². The molecule has 6 heteroatoms. The molecule has 0 bridgehead atoms. The van der Waals surface area contributed by atoms with Gasteiger partial charge in [-0.1, -0.05) is 38.5 Å². The number of carbonyl (C=O) groups is 1. The van der Waals surface area contributed by atoms with Crippen LogP contribution < -0.4 is 4.74 Å². The Bertz CT molecular complexity index is 711. The van der Waals surface area contributed by atoms with Crippen LogP contribution in [0.25, 0.3) is 0 Å². The minimum Gasteiger partial charge on any atom is -0.481 e. The fourth-order valence-electron chi connectivity index (χ4n) is 2.47. The number of hydrogen-bond donors (Lipinski definition) is 0. The third kappa shape index (κ3) is 6.72. The Morgan fingerprint density at radius 3 is 2.38 bits per heavy atom. The van der Waals surface area contributed by atoms with Crippen LogP contribution in [-0.2, 0) is 19.4 Å². The van der Waals surface area contributed by atoms with E-state index in [1.807, 2.05) is 0 Å². The number of unbranched alkanes of at least 4 members (excludes halogenated alkanes) is 3. The van der Waals surface area contributed by atoms with E-state index in [-0.39, 0.29) is 24.5 Å². The lowest BCUT2D eigenvalue weighted by atomic mass is 10.1. The summed E-state index contributed by atoms with van der Waals surface area (Å²) in [6.07, 6.45) is 3.90. The van der Waals surface area contributed by atoms with Gasteiger partial charge >= 0.3 is 5.97 Å². The number of rotatable bonds is 11. The summed E-state index contributed by atoms with van der Waals surface area (Å²) in [6, 6.07) is 6.07. The lowest BCUT2D eigenvalue weighted by Crippen LogP contribution is -2.32. The van der Waals surface area contributed by atoms with Gasteiger partial charge in [0.25, 0.3) is 0 Å². The molecular formula is C20H28O5S. The van der Waals surface area contributed by atoms with Crippen LogP contribution in [0.4, 0.5) is 0 Å². The van der Waals surface area contributed by atoms with Gasteiger partial charge in [-0.15, -0.1) is 5.92 Å². The predicted molar refractivity (Wildman–Crippen MR) is 102 cm³/mol. The molecule has 0 aliphatic carbocycles. The van der Waals surface area contributed by atoms with Crippen molar-refractivity contribution >= 4 is 15.8 Å². The largest absolute Gasteiger partial charge is 0.481 e. The van der Waals surface area contributed by atoms with Crippen LogP contribution in [0.2, 0.25) is 0 Å². The average molecular weight is 381 g/mol. The van der Waals surface area contributed by atoms with Gasteiger partial charge in [0.1, 0.15) is 12.4 Å². The predicted octanol–water partition coefficient (Wildman–Crippen LogP) is 3.76. The fourth-order valence-corrected chi connectivity index (χ4v) is 4.12. The number of ether oxygens (including phenoxy) is 2. The SMILES string of the molecule is CC#CCOc1ccc(S(=O)(=O)C(CCCCCC)C(=O)OCC)cc1. The second kappa shape index (κ2) is 11.6. The number of benzene rings is 1. The van der Waals surface area contributed by atoms with Crippen LogP contribution in [0.1, 0.15) is 52.9 Å². The fraction of sp³-hybridized carbons (Fsp3) is 0.550. The maximum Gasteiger partial charge on any atom is 0.324 e. The van der Waals surface area contributed by atoms with Gasteiger partial charge in [-0.3, -0.25) is 4.79 Å². The molecule has 0 saturated carbocycles. The zero-order valence-electron chi connectivity index (χ0n) is 15.8. The first-order valence-corrected chi connectivity index (χ1v) is 10.5. The molecule has 0 aromatic heterocycles. The lowest BCUT2D eigenvalue weighted by molar-refractivity contribution is -0.142. The van der Waals surface area contributed by atoms with Gasteiger partial charge in [0.2, 0.25) is 0 Å². The zero-order valence-corrected chi connectivity index (χ0v) is 16.6. The van der Waals surface area contributed by atoms with Crippen LogP contribution >= 0.6 is 0 Å². The number of carbonyl (C=O) groups excluding carboxylic acids is 1. The summed E-state index contributed by atoms with van der Waals surface area (Å²) in [4.78, 5) is 12.3. The summed E-state index contributed by atoms with van der Waals surface area (Å²) >= 11 is 0. The molecular weight excluding hydrogens is 352 g/mol. The Labute approximate surface area is 157 Å². The molecule has 1 aromatic rings. The molecule has 0 spiro atoms. The molecule has 0 radical (unpaired) electrons. The highest BCUT2D eigenvalue weighted by molar-refractivity contribution is 7.92. The summed E-state index contributed by atoms with van der Waals surface area (Å²) in [7, 11) is -3.81. The Hall–Kier alpha value is -2.00. The van der Waals surface area contributed by atoms with Crippen molar-refractivity contribution in [2.45, 2.75) is 63.0 Å². The minimum atomic E-state index is -3.81. The first-order valence-electron chi connectivity index (χ1n) is 9.00. The van der Waals surface area contributed by atoms with Crippen molar-refractivity contribution in [1.29, 1.82) is 0 Å². The summed E-state index contributed by atoms with van der Waals surface area (Å²) in [6.45, 7) is 5.87. The topological polar surface area (TPSA) is 69.7 Å². The van der Waals surface area contributed by atoms with Crippen LogP contribution in [0, 0.1) is 11.8 Å². The second-order valence-electron chi connectivity index (χ2n) is 5.82.